The highest BCUT2D eigenvalue weighted by Gasteiger charge is 2.56. The van der Waals surface area contributed by atoms with Crippen molar-refractivity contribution in [1.82, 2.24) is 0 Å². The largest absolute Gasteiger partial charge is 0.394 e. The standard InChI is InChI=1S/C48H92O17S/c1-4-6-8-10-12-14-16-18-20-22-24-26-28-34(29-27-25-23-21-19-17-15-13-11-9-7-5-2)32-60-46-41(55)44(65-47-40(54)39(53)37(51)33(3)61-47)43(36(31-50)63-46)64-48-42(56)45(66(57,58)59)38(52)35(30-49)62-48/h33-56H,4-32H2,1-3H3,(H,57,58,59). The molecule has 0 aromatic carbocycles. The fraction of sp³-hybridized carbons (Fsp3) is 1.00. The van der Waals surface area contributed by atoms with E-state index in [0.29, 0.717) is 0 Å². The van der Waals surface area contributed by atoms with Crippen LogP contribution in [-0.2, 0) is 38.5 Å². The molecule has 0 bridgehead atoms. The number of aliphatic hydroxyl groups excluding tert-OH is 8. The Balaban J connectivity index is 1.70. The summed E-state index contributed by atoms with van der Waals surface area (Å²) in [4.78, 5) is 0. The molecule has 0 radical (unpaired) electrons. The number of hydrogen-bond acceptors (Lipinski definition) is 16. The van der Waals surface area contributed by atoms with E-state index in [1.807, 2.05) is 0 Å². The van der Waals surface area contributed by atoms with Gasteiger partial charge < -0.3 is 69.3 Å². The molecule has 9 N–H and O–H groups in total. The summed E-state index contributed by atoms with van der Waals surface area (Å²) in [5.74, 6) is 0.124. The zero-order valence-electron chi connectivity index (χ0n) is 40.4. The summed E-state index contributed by atoms with van der Waals surface area (Å²) in [5.41, 5.74) is 0. The third-order valence-electron chi connectivity index (χ3n) is 13.8. The molecule has 0 aromatic rings. The van der Waals surface area contributed by atoms with E-state index in [9.17, 15) is 53.8 Å². The molecular weight excluding hydrogens is 881 g/mol. The minimum atomic E-state index is -5.15. The van der Waals surface area contributed by atoms with Gasteiger partial charge >= 0.3 is 0 Å². The van der Waals surface area contributed by atoms with Gasteiger partial charge in [0.2, 0.25) is 0 Å². The number of hydrogen-bond donors (Lipinski definition) is 9. The summed E-state index contributed by atoms with van der Waals surface area (Å²) in [5, 5.41) is 83.5. The molecule has 3 saturated heterocycles. The van der Waals surface area contributed by atoms with Crippen LogP contribution in [-0.4, -0.2) is 165 Å². The van der Waals surface area contributed by atoms with Crippen LogP contribution in [0.15, 0.2) is 0 Å². The summed E-state index contributed by atoms with van der Waals surface area (Å²) in [7, 11) is -5.15. The van der Waals surface area contributed by atoms with Gasteiger partial charge in [-0.05, 0) is 25.7 Å². The fourth-order valence-electron chi connectivity index (χ4n) is 9.54. The molecule has 18 heteroatoms. The first kappa shape index (κ1) is 59.7. The Morgan fingerprint density at radius 2 is 0.879 bits per heavy atom. The first-order valence-corrected chi connectivity index (χ1v) is 27.4. The summed E-state index contributed by atoms with van der Waals surface area (Å²) < 4.78 is 70.0. The second kappa shape index (κ2) is 33.1. The lowest BCUT2D eigenvalue weighted by Crippen LogP contribution is -2.67. The molecule has 0 saturated carbocycles. The molecule has 3 heterocycles. The second-order valence-electron chi connectivity index (χ2n) is 19.3. The van der Waals surface area contributed by atoms with Crippen LogP contribution >= 0.6 is 0 Å². The molecule has 392 valence electrons. The molecule has 17 nitrogen and oxygen atoms in total. The average molecular weight is 973 g/mol. The Labute approximate surface area is 396 Å². The lowest BCUT2D eigenvalue weighted by Gasteiger charge is -2.49. The van der Waals surface area contributed by atoms with Crippen LogP contribution in [0.5, 0.6) is 0 Å². The van der Waals surface area contributed by atoms with Crippen molar-refractivity contribution in [3.05, 3.63) is 0 Å². The van der Waals surface area contributed by atoms with Crippen LogP contribution in [0, 0.1) is 5.92 Å². The zero-order chi connectivity index (χ0) is 48.5. The van der Waals surface area contributed by atoms with Crippen LogP contribution in [0.1, 0.15) is 188 Å². The quantitative estimate of drug-likeness (QED) is 0.0289. The normalized spacial score (nSPS) is 33.2. The second-order valence-corrected chi connectivity index (χ2v) is 20.9. The Morgan fingerprint density at radius 1 is 0.470 bits per heavy atom. The van der Waals surface area contributed by atoms with Gasteiger partial charge in [-0.3, -0.25) is 4.55 Å². The maximum Gasteiger partial charge on any atom is 0.273 e. The third-order valence-corrected chi connectivity index (χ3v) is 15.0. The molecule has 15 unspecified atom stereocenters. The van der Waals surface area contributed by atoms with E-state index in [1.54, 1.807) is 0 Å². The predicted molar refractivity (Wildman–Crippen MR) is 248 cm³/mol. The number of rotatable bonds is 36. The Hall–Kier alpha value is -0.650. The van der Waals surface area contributed by atoms with E-state index in [4.69, 9.17) is 28.4 Å². The molecule has 0 amide bonds. The van der Waals surface area contributed by atoms with E-state index >= 15 is 0 Å². The Kier molecular flexibility index (Phi) is 29.9. The van der Waals surface area contributed by atoms with Crippen LogP contribution < -0.4 is 0 Å². The lowest BCUT2D eigenvalue weighted by atomic mass is 9.94. The summed E-state index contributed by atoms with van der Waals surface area (Å²) >= 11 is 0. The smallest absolute Gasteiger partial charge is 0.273 e. The van der Waals surface area contributed by atoms with E-state index < -0.39 is 115 Å². The van der Waals surface area contributed by atoms with Gasteiger partial charge in [-0.25, -0.2) is 0 Å². The van der Waals surface area contributed by atoms with Crippen molar-refractivity contribution in [3.63, 3.8) is 0 Å². The molecule has 0 aliphatic carbocycles. The number of unbranched alkanes of at least 4 members (excludes halogenated alkanes) is 22. The van der Waals surface area contributed by atoms with Gasteiger partial charge in [-0.1, -0.05) is 168 Å². The molecule has 3 fully saturated rings. The Morgan fingerprint density at radius 3 is 1.32 bits per heavy atom. The van der Waals surface area contributed by atoms with Crippen molar-refractivity contribution in [2.24, 2.45) is 5.92 Å². The van der Waals surface area contributed by atoms with Gasteiger partial charge in [0.05, 0.1) is 25.9 Å². The molecule has 3 aliphatic heterocycles. The van der Waals surface area contributed by atoms with Crippen molar-refractivity contribution in [3.8, 4) is 0 Å². The predicted octanol–water partition coefficient (Wildman–Crippen LogP) is 5.17. The molecule has 15 atom stereocenters. The molecule has 3 rings (SSSR count). The fourth-order valence-corrected chi connectivity index (χ4v) is 10.6. The van der Waals surface area contributed by atoms with Gasteiger partial charge in [0, 0.05) is 0 Å². The molecule has 66 heavy (non-hydrogen) atoms. The SMILES string of the molecule is CCCCCCCCCCCCCCC(CCCCCCCCCCCCCC)COC1OC(CO)C(OC2OC(CO)C(O)C(S(=O)(=O)O)C2O)C(OC2OC(C)C(O)C(O)C2O)C1O. The highest BCUT2D eigenvalue weighted by Crippen LogP contribution is 2.35. The zero-order valence-corrected chi connectivity index (χ0v) is 41.3. The lowest BCUT2D eigenvalue weighted by molar-refractivity contribution is -0.381. The van der Waals surface area contributed by atoms with Crippen molar-refractivity contribution in [1.29, 1.82) is 0 Å². The van der Waals surface area contributed by atoms with E-state index in [-0.39, 0.29) is 12.5 Å². The average Bonchev–Trinajstić information content (AvgIpc) is 3.28. The van der Waals surface area contributed by atoms with Gasteiger partial charge in [0.15, 0.2) is 18.9 Å². The maximum atomic E-state index is 12.3. The monoisotopic (exact) mass is 973 g/mol. The van der Waals surface area contributed by atoms with Crippen molar-refractivity contribution in [2.45, 2.75) is 279 Å². The van der Waals surface area contributed by atoms with Crippen molar-refractivity contribution in [2.75, 3.05) is 19.8 Å². The van der Waals surface area contributed by atoms with Gasteiger partial charge in [-0.2, -0.15) is 8.42 Å². The van der Waals surface area contributed by atoms with E-state index in [2.05, 4.69) is 13.8 Å². The summed E-state index contributed by atoms with van der Waals surface area (Å²) in [6, 6.07) is 0. The Bertz CT molecular complexity index is 1300. The maximum absolute atomic E-state index is 12.3. The van der Waals surface area contributed by atoms with E-state index in [1.165, 1.54) is 122 Å². The van der Waals surface area contributed by atoms with Crippen molar-refractivity contribution >= 4 is 10.1 Å². The summed E-state index contributed by atoms with van der Waals surface area (Å²) in [6.07, 6.45) is 7.86. The van der Waals surface area contributed by atoms with Gasteiger partial charge in [-0.15, -0.1) is 0 Å². The number of aliphatic hydroxyl groups is 8. The summed E-state index contributed by atoms with van der Waals surface area (Å²) in [6.45, 7) is 4.38. The first-order valence-electron chi connectivity index (χ1n) is 25.8. The van der Waals surface area contributed by atoms with E-state index in [0.717, 1.165) is 51.4 Å². The van der Waals surface area contributed by atoms with Gasteiger partial charge in [0.25, 0.3) is 10.1 Å². The highest BCUT2D eigenvalue weighted by molar-refractivity contribution is 7.86. The third kappa shape index (κ3) is 20.2. The minimum Gasteiger partial charge on any atom is -0.394 e. The number of ether oxygens (including phenoxy) is 6. The molecular formula is C48H92O17S. The molecule has 0 spiro atoms. The highest BCUT2D eigenvalue weighted by atomic mass is 32.2. The van der Waals surface area contributed by atoms with Gasteiger partial charge in [0.1, 0.15) is 66.3 Å². The van der Waals surface area contributed by atoms with Crippen LogP contribution in [0.4, 0.5) is 0 Å². The minimum absolute atomic E-state index is 0.124. The molecule has 3 aliphatic rings. The van der Waals surface area contributed by atoms with Crippen LogP contribution in [0.3, 0.4) is 0 Å². The molecule has 0 aromatic heterocycles. The first-order chi connectivity index (χ1) is 31.7. The van der Waals surface area contributed by atoms with Crippen LogP contribution in [0.2, 0.25) is 0 Å². The van der Waals surface area contributed by atoms with Crippen molar-refractivity contribution < 1.29 is 82.2 Å². The topological polar surface area (TPSA) is 272 Å². The van der Waals surface area contributed by atoms with Crippen LogP contribution in [0.25, 0.3) is 0 Å².